The van der Waals surface area contributed by atoms with Crippen LogP contribution >= 0.6 is 11.3 Å². The molecule has 0 fully saturated rings. The third kappa shape index (κ3) is 3.90. The monoisotopic (exact) mass is 195 g/mol. The van der Waals surface area contributed by atoms with Crippen molar-refractivity contribution < 1.29 is 4.79 Å². The van der Waals surface area contributed by atoms with Gasteiger partial charge in [0.15, 0.2) is 0 Å². The lowest BCUT2D eigenvalue weighted by molar-refractivity contribution is -0.116. The summed E-state index contributed by atoms with van der Waals surface area (Å²) < 4.78 is 0. The second-order valence-electron chi connectivity index (χ2n) is 3.05. The topological polar surface area (TPSA) is 29.1 Å². The van der Waals surface area contributed by atoms with Crippen LogP contribution in [-0.2, 0) is 4.79 Å². The van der Waals surface area contributed by atoms with Crippen LogP contribution in [0.3, 0.4) is 0 Å². The Kier molecular flexibility index (Phi) is 3.71. The first kappa shape index (κ1) is 9.99. The van der Waals surface area contributed by atoms with Gasteiger partial charge in [-0.05, 0) is 42.3 Å². The van der Waals surface area contributed by atoms with Gasteiger partial charge in [-0.25, -0.2) is 0 Å². The predicted molar refractivity (Wildman–Crippen MR) is 56.6 cm³/mol. The van der Waals surface area contributed by atoms with Gasteiger partial charge < -0.3 is 5.32 Å². The van der Waals surface area contributed by atoms with Crippen molar-refractivity contribution in [3.63, 3.8) is 0 Å². The fourth-order valence-corrected chi connectivity index (χ4v) is 1.50. The van der Waals surface area contributed by atoms with Crippen molar-refractivity contribution in [1.29, 1.82) is 0 Å². The molecule has 3 heteroatoms. The van der Waals surface area contributed by atoms with E-state index in [1.54, 1.807) is 17.4 Å². The average molecular weight is 195 g/mol. The molecular formula is C10H13NOS. The summed E-state index contributed by atoms with van der Waals surface area (Å²) in [4.78, 5) is 11.2. The number of hydrogen-bond donors (Lipinski definition) is 1. The summed E-state index contributed by atoms with van der Waals surface area (Å²) in [6.07, 6.45) is 3.37. The zero-order valence-electron chi connectivity index (χ0n) is 7.78. The van der Waals surface area contributed by atoms with E-state index in [1.807, 2.05) is 36.7 Å². The van der Waals surface area contributed by atoms with E-state index in [4.69, 9.17) is 0 Å². The first-order valence-electron chi connectivity index (χ1n) is 4.19. The SMILES string of the molecule is CC(C)NC(=O)/C=C/c1ccsc1. The van der Waals surface area contributed by atoms with Crippen LogP contribution < -0.4 is 5.32 Å². The Morgan fingerprint density at radius 2 is 2.38 bits per heavy atom. The van der Waals surface area contributed by atoms with E-state index in [0.717, 1.165) is 5.56 Å². The number of carbonyl (C=O) groups excluding carboxylic acids is 1. The molecule has 0 aliphatic rings. The molecule has 13 heavy (non-hydrogen) atoms. The maximum Gasteiger partial charge on any atom is 0.244 e. The van der Waals surface area contributed by atoms with Crippen molar-refractivity contribution in [2.75, 3.05) is 0 Å². The van der Waals surface area contributed by atoms with Crippen LogP contribution in [0.4, 0.5) is 0 Å². The standard InChI is InChI=1S/C10H13NOS/c1-8(2)11-10(12)4-3-9-5-6-13-7-9/h3-8H,1-2H3,(H,11,12)/b4-3+. The van der Waals surface area contributed by atoms with Crippen molar-refractivity contribution in [2.24, 2.45) is 0 Å². The third-order valence-electron chi connectivity index (χ3n) is 1.40. The van der Waals surface area contributed by atoms with E-state index in [9.17, 15) is 4.79 Å². The quantitative estimate of drug-likeness (QED) is 0.737. The molecule has 1 N–H and O–H groups in total. The van der Waals surface area contributed by atoms with Crippen molar-refractivity contribution in [2.45, 2.75) is 19.9 Å². The second-order valence-corrected chi connectivity index (χ2v) is 3.83. The smallest absolute Gasteiger partial charge is 0.244 e. The Hall–Kier alpha value is -1.09. The minimum absolute atomic E-state index is 0.0406. The first-order valence-corrected chi connectivity index (χ1v) is 5.13. The molecule has 0 radical (unpaired) electrons. The van der Waals surface area contributed by atoms with Crippen LogP contribution in [-0.4, -0.2) is 11.9 Å². The van der Waals surface area contributed by atoms with Crippen LogP contribution in [0.2, 0.25) is 0 Å². The van der Waals surface area contributed by atoms with Crippen LogP contribution in [0.1, 0.15) is 19.4 Å². The molecule has 70 valence electrons. The molecule has 1 amide bonds. The van der Waals surface area contributed by atoms with Gasteiger partial charge in [0, 0.05) is 12.1 Å². The average Bonchev–Trinajstić information content (AvgIpc) is 2.51. The van der Waals surface area contributed by atoms with Gasteiger partial charge in [0.25, 0.3) is 0 Å². The zero-order chi connectivity index (χ0) is 9.68. The summed E-state index contributed by atoms with van der Waals surface area (Å²) in [5, 5.41) is 6.77. The number of hydrogen-bond acceptors (Lipinski definition) is 2. The lowest BCUT2D eigenvalue weighted by Gasteiger charge is -2.03. The second kappa shape index (κ2) is 4.82. The Morgan fingerprint density at radius 3 is 2.92 bits per heavy atom. The largest absolute Gasteiger partial charge is 0.350 e. The summed E-state index contributed by atoms with van der Waals surface area (Å²) >= 11 is 1.62. The van der Waals surface area contributed by atoms with E-state index >= 15 is 0 Å². The molecule has 2 nitrogen and oxygen atoms in total. The van der Waals surface area contributed by atoms with Crippen LogP contribution in [0, 0.1) is 0 Å². The highest BCUT2D eigenvalue weighted by atomic mass is 32.1. The van der Waals surface area contributed by atoms with E-state index < -0.39 is 0 Å². The molecule has 0 saturated heterocycles. The Balaban J connectivity index is 2.44. The van der Waals surface area contributed by atoms with E-state index in [-0.39, 0.29) is 11.9 Å². The molecule has 0 aromatic carbocycles. The van der Waals surface area contributed by atoms with Gasteiger partial charge in [-0.2, -0.15) is 11.3 Å². The lowest BCUT2D eigenvalue weighted by Crippen LogP contribution is -2.28. The van der Waals surface area contributed by atoms with E-state index in [0.29, 0.717) is 0 Å². The normalized spacial score (nSPS) is 11.0. The number of carbonyl (C=O) groups is 1. The fraction of sp³-hybridized carbons (Fsp3) is 0.300. The Labute approximate surface area is 82.3 Å². The van der Waals surface area contributed by atoms with Gasteiger partial charge in [-0.3, -0.25) is 4.79 Å². The number of thiophene rings is 1. The molecule has 1 aromatic rings. The van der Waals surface area contributed by atoms with Gasteiger partial charge >= 0.3 is 0 Å². The molecule has 0 aliphatic heterocycles. The summed E-state index contributed by atoms with van der Waals surface area (Å²) in [5.41, 5.74) is 1.07. The molecule has 0 aliphatic carbocycles. The first-order chi connectivity index (χ1) is 6.18. The molecule has 1 heterocycles. The third-order valence-corrected chi connectivity index (χ3v) is 2.10. The molecule has 0 unspecified atom stereocenters. The van der Waals surface area contributed by atoms with Gasteiger partial charge in [0.05, 0.1) is 0 Å². The number of nitrogens with one attached hydrogen (secondary N) is 1. The molecular weight excluding hydrogens is 182 g/mol. The highest BCUT2D eigenvalue weighted by molar-refractivity contribution is 7.08. The van der Waals surface area contributed by atoms with Crippen molar-refractivity contribution in [3.05, 3.63) is 28.5 Å². The van der Waals surface area contributed by atoms with Crippen LogP contribution in [0.15, 0.2) is 22.9 Å². The Morgan fingerprint density at radius 1 is 1.62 bits per heavy atom. The highest BCUT2D eigenvalue weighted by Crippen LogP contribution is 2.07. The fourth-order valence-electron chi connectivity index (χ4n) is 0.874. The van der Waals surface area contributed by atoms with Gasteiger partial charge in [-0.1, -0.05) is 0 Å². The molecule has 1 rings (SSSR count). The minimum atomic E-state index is -0.0406. The number of amides is 1. The summed E-state index contributed by atoms with van der Waals surface area (Å²) in [5.74, 6) is -0.0406. The minimum Gasteiger partial charge on any atom is -0.350 e. The van der Waals surface area contributed by atoms with Gasteiger partial charge in [-0.15, -0.1) is 0 Å². The molecule has 0 spiro atoms. The van der Waals surface area contributed by atoms with Gasteiger partial charge in [0.1, 0.15) is 0 Å². The van der Waals surface area contributed by atoms with Crippen LogP contribution in [0.5, 0.6) is 0 Å². The van der Waals surface area contributed by atoms with Crippen molar-refractivity contribution in [3.8, 4) is 0 Å². The van der Waals surface area contributed by atoms with Gasteiger partial charge in [0.2, 0.25) is 5.91 Å². The molecule has 0 saturated carbocycles. The summed E-state index contributed by atoms with van der Waals surface area (Å²) in [7, 11) is 0. The van der Waals surface area contributed by atoms with E-state index in [2.05, 4.69) is 5.32 Å². The number of rotatable bonds is 3. The lowest BCUT2D eigenvalue weighted by atomic mass is 10.3. The van der Waals surface area contributed by atoms with E-state index in [1.165, 1.54) is 0 Å². The maximum absolute atomic E-state index is 11.2. The highest BCUT2D eigenvalue weighted by Gasteiger charge is 1.96. The van der Waals surface area contributed by atoms with Crippen molar-refractivity contribution in [1.82, 2.24) is 5.32 Å². The zero-order valence-corrected chi connectivity index (χ0v) is 8.60. The van der Waals surface area contributed by atoms with Crippen molar-refractivity contribution >= 4 is 23.3 Å². The molecule has 1 aromatic heterocycles. The summed E-state index contributed by atoms with van der Waals surface area (Å²) in [6, 6.07) is 2.17. The Bertz CT molecular complexity index is 288. The predicted octanol–water partition coefficient (Wildman–Crippen LogP) is 2.29. The van der Waals surface area contributed by atoms with Crippen LogP contribution in [0.25, 0.3) is 6.08 Å². The molecule has 0 bridgehead atoms. The maximum atomic E-state index is 11.2. The molecule has 0 atom stereocenters. The summed E-state index contributed by atoms with van der Waals surface area (Å²) in [6.45, 7) is 3.88.